The van der Waals surface area contributed by atoms with Gasteiger partial charge in [0.2, 0.25) is 0 Å². The van der Waals surface area contributed by atoms with Gasteiger partial charge in [-0.05, 0) is 30.3 Å². The van der Waals surface area contributed by atoms with Gasteiger partial charge in [-0.3, -0.25) is 29.8 Å². The van der Waals surface area contributed by atoms with Gasteiger partial charge in [-0.25, -0.2) is 0 Å². The number of hydrogen-bond acceptors (Lipinski definition) is 8. The van der Waals surface area contributed by atoms with Gasteiger partial charge in [0.15, 0.2) is 16.1 Å². The fourth-order valence-corrected chi connectivity index (χ4v) is 4.04. The topological polar surface area (TPSA) is 157 Å². The maximum atomic E-state index is 12.5. The second-order valence-corrected chi connectivity index (χ2v) is 27.6. The van der Waals surface area contributed by atoms with Gasteiger partial charge in [-0.1, -0.05) is 73.1 Å². The van der Waals surface area contributed by atoms with Crippen molar-refractivity contribution < 1.29 is 45.8 Å². The molecule has 0 radical (unpaired) electrons. The Bertz CT molecular complexity index is 2120. The average molecular weight is 967 g/mol. The molecule has 0 aliphatic heterocycles. The number of nitro benzene ring substituents is 2. The monoisotopic (exact) mass is 963 g/mol. The summed E-state index contributed by atoms with van der Waals surface area (Å²) in [6.45, 7) is -0.451. The van der Waals surface area contributed by atoms with Crippen LogP contribution in [0.2, 0.25) is 0 Å². The van der Waals surface area contributed by atoms with Crippen LogP contribution in [-0.2, 0) is 12.4 Å². The van der Waals surface area contributed by atoms with E-state index in [4.69, 9.17) is 79.4 Å². The summed E-state index contributed by atoms with van der Waals surface area (Å²) in [5.74, 6) is -1.29. The third-order valence-electron chi connectivity index (χ3n) is 6.23. The molecule has 4 aromatic rings. The fraction of sp³-hybridized carbons (Fsp3) is 0.125. The van der Waals surface area contributed by atoms with E-state index in [1.54, 1.807) is 0 Å². The molecular formula is C32H23Cl7F6N5O6P. The summed E-state index contributed by atoms with van der Waals surface area (Å²) in [5.41, 5.74) is -1.70. The Hall–Kier alpha value is -3.80. The number of amides is 1. The number of alkyl halides is 6. The van der Waals surface area contributed by atoms with Crippen molar-refractivity contribution in [1.29, 1.82) is 0 Å². The molecule has 1 N–H and O–H groups in total. The zero-order valence-electron chi connectivity index (χ0n) is 27.0. The van der Waals surface area contributed by atoms with Crippen molar-refractivity contribution in [1.82, 2.24) is 5.32 Å². The van der Waals surface area contributed by atoms with Crippen molar-refractivity contribution in [3.05, 3.63) is 151 Å². The van der Waals surface area contributed by atoms with E-state index in [9.17, 15) is 56.2 Å². The number of carbonyl (C=O) groups excluding carboxylic acids is 2. The number of hydrogen-bond donors (Lipinski definition) is 1. The van der Waals surface area contributed by atoms with Gasteiger partial charge < -0.3 is 5.32 Å². The Morgan fingerprint density at radius 2 is 0.965 bits per heavy atom. The number of carbonyl (C=O) groups is 2. The molecule has 11 nitrogen and oxygen atoms in total. The third-order valence-corrected chi connectivity index (χ3v) is 6.82. The Kier molecular flexibility index (Phi) is 19.1. The third kappa shape index (κ3) is 19.5. The Labute approximate surface area is 352 Å². The Balaban J connectivity index is 0.000000491. The summed E-state index contributed by atoms with van der Waals surface area (Å²) in [7, 11) is 0. The van der Waals surface area contributed by atoms with Crippen LogP contribution in [0.5, 0.6) is 0 Å². The normalized spacial score (nSPS) is 12.5. The molecule has 25 heteroatoms. The number of nitrogens with zero attached hydrogens (tertiary/aromatic N) is 4. The summed E-state index contributed by atoms with van der Waals surface area (Å²) >= 11 is 36.7. The number of ketones is 1. The maximum Gasteiger partial charge on any atom is 0.416 e. The van der Waals surface area contributed by atoms with Crippen LogP contribution in [0, 0.1) is 20.2 Å². The summed E-state index contributed by atoms with van der Waals surface area (Å²) in [6.07, 6.45) is -8.95. The van der Waals surface area contributed by atoms with Crippen LogP contribution in [0.4, 0.5) is 37.7 Å². The van der Waals surface area contributed by atoms with E-state index in [0.717, 1.165) is 54.6 Å². The van der Waals surface area contributed by atoms with Crippen LogP contribution in [0.25, 0.3) is 0 Å². The second-order valence-electron chi connectivity index (χ2n) is 10.3. The van der Waals surface area contributed by atoms with Gasteiger partial charge in [0.25, 0.3) is 17.3 Å². The molecule has 0 saturated carbocycles. The van der Waals surface area contributed by atoms with Crippen LogP contribution >= 0.6 is 82.8 Å². The minimum atomic E-state index is -4.50. The number of Topliss-reactive ketones (excluding diaryl/α,β-unsaturated/α-hetero) is 1. The van der Waals surface area contributed by atoms with E-state index < -0.39 is 54.9 Å². The molecule has 0 fully saturated rings. The molecule has 0 aromatic heterocycles. The van der Waals surface area contributed by atoms with E-state index in [2.05, 4.69) is 15.5 Å². The first-order valence-electron chi connectivity index (χ1n) is 14.3. The number of nitrogens with one attached hydrogen (secondary N) is 1. The van der Waals surface area contributed by atoms with Gasteiger partial charge in [0.1, 0.15) is 0 Å². The second kappa shape index (κ2) is 21.3. The van der Waals surface area contributed by atoms with Crippen LogP contribution in [0.3, 0.4) is 0 Å². The quantitative estimate of drug-likeness (QED) is 0.0439. The molecule has 0 unspecified atom stereocenters. The smallest absolute Gasteiger partial charge is 0.345 e. The maximum absolute atomic E-state index is 12.5. The molecule has 57 heavy (non-hydrogen) atoms. The van der Waals surface area contributed by atoms with Crippen LogP contribution < -0.4 is 5.32 Å². The van der Waals surface area contributed by atoms with Gasteiger partial charge >= 0.3 is 71.9 Å². The van der Waals surface area contributed by atoms with Crippen LogP contribution in [0.1, 0.15) is 50.4 Å². The number of nitro groups is 2. The summed E-state index contributed by atoms with van der Waals surface area (Å²) in [4.78, 5) is 43.9. The Morgan fingerprint density at radius 1 is 0.614 bits per heavy atom. The largest absolute Gasteiger partial charge is 0.416 e. The molecule has 0 aliphatic carbocycles. The van der Waals surface area contributed by atoms with Crippen molar-refractivity contribution >= 4 is 116 Å². The minimum absolute atomic E-state index is 0. The molecule has 0 bridgehead atoms. The van der Waals surface area contributed by atoms with Gasteiger partial charge in [0, 0.05) is 46.5 Å². The zero-order chi connectivity index (χ0) is 42.7. The average Bonchev–Trinajstić information content (AvgIpc) is 3.11. The van der Waals surface area contributed by atoms with Crippen molar-refractivity contribution in [2.45, 2.75) is 19.8 Å². The van der Waals surface area contributed by atoms with Crippen molar-refractivity contribution in [2.24, 2.45) is 10.2 Å². The number of rotatable bonds is 9. The fourth-order valence-electron chi connectivity index (χ4n) is 3.72. The molecule has 0 spiro atoms. The molecule has 0 heterocycles. The summed E-state index contributed by atoms with van der Waals surface area (Å²) in [5, 5.41) is 30.6. The van der Waals surface area contributed by atoms with E-state index in [-0.39, 0.29) is 51.4 Å². The van der Waals surface area contributed by atoms with Crippen LogP contribution in [-0.4, -0.2) is 38.4 Å². The predicted molar refractivity (Wildman–Crippen MR) is 213 cm³/mol. The van der Waals surface area contributed by atoms with Gasteiger partial charge in [-0.2, -0.15) is 26.3 Å². The predicted octanol–water partition coefficient (Wildman–Crippen LogP) is 13.4. The molecule has 308 valence electrons. The molecule has 0 aliphatic rings. The SMILES string of the molecule is C.ClP(Cl)(Cl)(Cl)Cl.O=C(CNC(=O)c1cccc([N+](=O)[O-])c1)c1ccc(C(F)(F)F)cc1.O=[N+]([O-])c1cccc(/C(Cl)=N/N=C(\Cl)c2ccc(C(F)(F)F)cc2)c1. The molecule has 1 amide bonds. The van der Waals surface area contributed by atoms with Crippen molar-refractivity contribution in [3.8, 4) is 0 Å². The Morgan fingerprint density at radius 3 is 1.35 bits per heavy atom. The standard InChI is InChI=1S/C16H11F3N2O4.C15H8Cl2F3N3O2.CH4.Cl5P/c17-16(18,19)12-6-4-10(5-7-12)14(22)9-20-15(23)11-2-1-3-13(8-11)21(24)25;16-13(9-4-6-11(7-5-9)15(18,19)20)21-22-14(17)10-2-1-3-12(8-10)23(24)25;;1-6(2,3,4)5/h1-8H,9H2,(H,20,23);1-8H;1H4;/b;21-13-,22-14-;;. The van der Waals surface area contributed by atoms with E-state index in [1.807, 2.05) is 0 Å². The molecule has 0 atom stereocenters. The summed E-state index contributed by atoms with van der Waals surface area (Å²) < 4.78 is 71.2. The first-order chi connectivity index (χ1) is 25.6. The minimum Gasteiger partial charge on any atom is -0.345 e. The zero-order valence-corrected chi connectivity index (χ0v) is 33.2. The molecular weight excluding hydrogens is 944 g/mol. The van der Waals surface area contributed by atoms with E-state index >= 15 is 0 Å². The molecule has 0 saturated heterocycles. The number of halogens is 13. The first-order valence-corrected chi connectivity index (χ1v) is 21.8. The van der Waals surface area contributed by atoms with Crippen LogP contribution in [0.15, 0.2) is 107 Å². The first kappa shape index (κ1) is 51.2. The van der Waals surface area contributed by atoms with Gasteiger partial charge in [-0.15, -0.1) is 10.2 Å². The summed E-state index contributed by atoms with van der Waals surface area (Å²) in [6, 6.07) is 17.9. The molecule has 4 aromatic carbocycles. The van der Waals surface area contributed by atoms with E-state index in [0.29, 0.717) is 0 Å². The number of benzene rings is 4. The number of non-ortho nitro benzene ring substituents is 2. The molecule has 4 rings (SSSR count). The van der Waals surface area contributed by atoms with Gasteiger partial charge in [0.05, 0.1) is 27.5 Å². The van der Waals surface area contributed by atoms with Crippen molar-refractivity contribution in [3.63, 3.8) is 0 Å². The van der Waals surface area contributed by atoms with E-state index in [1.165, 1.54) is 42.5 Å². The van der Waals surface area contributed by atoms with Crippen molar-refractivity contribution in [2.75, 3.05) is 6.54 Å².